The zero-order valence-electron chi connectivity index (χ0n) is 11.9. The highest BCUT2D eigenvalue weighted by Crippen LogP contribution is 2.06. The van der Waals surface area contributed by atoms with E-state index in [0.717, 1.165) is 32.6 Å². The number of nitrogens with one attached hydrogen (secondary N) is 2. The van der Waals surface area contributed by atoms with E-state index in [2.05, 4.69) is 17.6 Å². The number of hydrogen-bond acceptors (Lipinski definition) is 3. The third kappa shape index (κ3) is 8.16. The van der Waals surface area contributed by atoms with Crippen molar-refractivity contribution < 1.29 is 9.53 Å². The molecule has 4 heteroatoms. The highest BCUT2D eigenvalue weighted by Gasteiger charge is 2.21. The van der Waals surface area contributed by atoms with Crippen LogP contribution in [0, 0.1) is 0 Å². The second-order valence-corrected chi connectivity index (χ2v) is 4.95. The van der Waals surface area contributed by atoms with Gasteiger partial charge in [0.2, 0.25) is 5.91 Å². The molecule has 102 valence electrons. The molecule has 0 aromatic carbocycles. The normalized spacial score (nSPS) is 13.5. The van der Waals surface area contributed by atoms with Crippen molar-refractivity contribution in [3.05, 3.63) is 0 Å². The first-order valence-corrected chi connectivity index (χ1v) is 6.56. The Morgan fingerprint density at radius 1 is 1.35 bits per heavy atom. The van der Waals surface area contributed by atoms with E-state index in [-0.39, 0.29) is 17.5 Å². The number of hydrogen-bond donors (Lipinski definition) is 2. The van der Waals surface area contributed by atoms with Crippen LogP contribution in [0.3, 0.4) is 0 Å². The minimum Gasteiger partial charge on any atom is -0.382 e. The maximum Gasteiger partial charge on any atom is 0.237 e. The monoisotopic (exact) mass is 244 g/mol. The third-order valence-electron chi connectivity index (χ3n) is 2.86. The molecule has 0 aromatic rings. The summed E-state index contributed by atoms with van der Waals surface area (Å²) in [4.78, 5) is 11.8. The molecular weight excluding hydrogens is 216 g/mol. The lowest BCUT2D eigenvalue weighted by Gasteiger charge is -2.26. The molecule has 0 rings (SSSR count). The predicted octanol–water partition coefficient (Wildman–Crippen LogP) is 1.70. The number of carbonyl (C=O) groups is 1. The van der Waals surface area contributed by atoms with Gasteiger partial charge in [0.25, 0.3) is 0 Å². The van der Waals surface area contributed by atoms with Gasteiger partial charge in [-0.25, -0.2) is 0 Å². The first kappa shape index (κ1) is 16.4. The molecule has 1 atom stereocenters. The molecule has 1 unspecified atom stereocenters. The molecule has 0 radical (unpaired) electrons. The number of rotatable bonds is 9. The summed E-state index contributed by atoms with van der Waals surface area (Å²) in [7, 11) is 0. The Balaban J connectivity index is 3.75. The molecule has 2 N–H and O–H groups in total. The van der Waals surface area contributed by atoms with Gasteiger partial charge in [-0.3, -0.25) is 4.79 Å². The lowest BCUT2D eigenvalue weighted by atomic mass is 10.0. The van der Waals surface area contributed by atoms with Gasteiger partial charge >= 0.3 is 0 Å². The van der Waals surface area contributed by atoms with Crippen LogP contribution in [0.2, 0.25) is 0 Å². The number of ether oxygens (including phenoxy) is 1. The summed E-state index contributed by atoms with van der Waals surface area (Å²) >= 11 is 0. The molecule has 0 aliphatic carbocycles. The maximum absolute atomic E-state index is 11.8. The van der Waals surface area contributed by atoms with Crippen molar-refractivity contribution in [3.8, 4) is 0 Å². The molecule has 4 nitrogen and oxygen atoms in total. The van der Waals surface area contributed by atoms with E-state index >= 15 is 0 Å². The number of amides is 1. The SMILES string of the molecule is CCOCCCNC(C)C(=O)NC(C)(C)CC. The van der Waals surface area contributed by atoms with Gasteiger partial charge in [-0.05, 0) is 47.1 Å². The van der Waals surface area contributed by atoms with Gasteiger partial charge in [0.15, 0.2) is 0 Å². The summed E-state index contributed by atoms with van der Waals surface area (Å²) in [6.45, 7) is 12.3. The molecule has 0 heterocycles. The quantitative estimate of drug-likeness (QED) is 0.607. The molecule has 0 aliphatic heterocycles. The lowest BCUT2D eigenvalue weighted by Crippen LogP contribution is -2.50. The van der Waals surface area contributed by atoms with E-state index in [9.17, 15) is 4.79 Å². The first-order valence-electron chi connectivity index (χ1n) is 6.56. The smallest absolute Gasteiger partial charge is 0.237 e. The molecule has 0 spiro atoms. The topological polar surface area (TPSA) is 50.4 Å². The molecule has 0 saturated carbocycles. The van der Waals surface area contributed by atoms with E-state index in [4.69, 9.17) is 4.74 Å². The van der Waals surface area contributed by atoms with Crippen LogP contribution in [-0.2, 0) is 9.53 Å². The molecule has 0 aromatic heterocycles. The van der Waals surface area contributed by atoms with E-state index in [1.165, 1.54) is 0 Å². The van der Waals surface area contributed by atoms with Crippen molar-refractivity contribution in [3.63, 3.8) is 0 Å². The Morgan fingerprint density at radius 2 is 2.00 bits per heavy atom. The van der Waals surface area contributed by atoms with Crippen LogP contribution >= 0.6 is 0 Å². The van der Waals surface area contributed by atoms with Gasteiger partial charge in [-0.15, -0.1) is 0 Å². The highest BCUT2D eigenvalue weighted by molar-refractivity contribution is 5.81. The van der Waals surface area contributed by atoms with E-state index in [0.29, 0.717) is 0 Å². The summed E-state index contributed by atoms with van der Waals surface area (Å²) in [5.41, 5.74) is -0.127. The van der Waals surface area contributed by atoms with Crippen molar-refractivity contribution in [2.24, 2.45) is 0 Å². The standard InChI is InChI=1S/C13H28N2O2/c1-6-13(4,5)15-12(16)11(3)14-9-8-10-17-7-2/h11,14H,6-10H2,1-5H3,(H,15,16). The van der Waals surface area contributed by atoms with Gasteiger partial charge in [-0.2, -0.15) is 0 Å². The van der Waals surface area contributed by atoms with E-state index in [1.807, 2.05) is 27.7 Å². The van der Waals surface area contributed by atoms with Gasteiger partial charge in [0.05, 0.1) is 6.04 Å². The molecule has 0 fully saturated rings. The Hall–Kier alpha value is -0.610. The van der Waals surface area contributed by atoms with E-state index < -0.39 is 0 Å². The average molecular weight is 244 g/mol. The van der Waals surface area contributed by atoms with Crippen LogP contribution in [0.4, 0.5) is 0 Å². The number of carbonyl (C=O) groups excluding carboxylic acids is 1. The van der Waals surface area contributed by atoms with Crippen molar-refractivity contribution in [2.75, 3.05) is 19.8 Å². The third-order valence-corrected chi connectivity index (χ3v) is 2.86. The molecule has 0 saturated heterocycles. The van der Waals surface area contributed by atoms with Crippen LogP contribution < -0.4 is 10.6 Å². The second-order valence-electron chi connectivity index (χ2n) is 4.95. The molecule has 1 amide bonds. The fourth-order valence-electron chi connectivity index (χ4n) is 1.26. The minimum absolute atomic E-state index is 0.0632. The fraction of sp³-hybridized carbons (Fsp3) is 0.923. The van der Waals surface area contributed by atoms with Crippen LogP contribution in [-0.4, -0.2) is 37.2 Å². The van der Waals surface area contributed by atoms with Crippen LogP contribution in [0.5, 0.6) is 0 Å². The lowest BCUT2D eigenvalue weighted by molar-refractivity contribution is -0.124. The van der Waals surface area contributed by atoms with Gasteiger partial charge in [0.1, 0.15) is 0 Å². The van der Waals surface area contributed by atoms with Gasteiger partial charge < -0.3 is 15.4 Å². The summed E-state index contributed by atoms with van der Waals surface area (Å²) in [5.74, 6) is 0.0632. The van der Waals surface area contributed by atoms with Crippen LogP contribution in [0.15, 0.2) is 0 Å². The van der Waals surface area contributed by atoms with Crippen molar-refractivity contribution in [2.45, 2.75) is 59.0 Å². The summed E-state index contributed by atoms with van der Waals surface area (Å²) in [5, 5.41) is 6.22. The zero-order valence-corrected chi connectivity index (χ0v) is 11.9. The van der Waals surface area contributed by atoms with Crippen LogP contribution in [0.25, 0.3) is 0 Å². The van der Waals surface area contributed by atoms with Gasteiger partial charge in [0, 0.05) is 18.8 Å². The van der Waals surface area contributed by atoms with Gasteiger partial charge in [-0.1, -0.05) is 6.92 Å². The molecule has 0 bridgehead atoms. The zero-order chi connectivity index (χ0) is 13.3. The summed E-state index contributed by atoms with van der Waals surface area (Å²) < 4.78 is 5.23. The van der Waals surface area contributed by atoms with Crippen LogP contribution in [0.1, 0.15) is 47.5 Å². The summed E-state index contributed by atoms with van der Waals surface area (Å²) in [6.07, 6.45) is 1.86. The Morgan fingerprint density at radius 3 is 2.53 bits per heavy atom. The fourth-order valence-corrected chi connectivity index (χ4v) is 1.26. The summed E-state index contributed by atoms with van der Waals surface area (Å²) in [6, 6.07) is -0.151. The molecule has 17 heavy (non-hydrogen) atoms. The van der Waals surface area contributed by atoms with Crippen molar-refractivity contribution >= 4 is 5.91 Å². The Kier molecular flexibility index (Phi) is 8.17. The molecule has 0 aliphatic rings. The average Bonchev–Trinajstić information content (AvgIpc) is 2.28. The largest absolute Gasteiger partial charge is 0.382 e. The Labute approximate surface area is 105 Å². The maximum atomic E-state index is 11.8. The van der Waals surface area contributed by atoms with E-state index in [1.54, 1.807) is 0 Å². The molecular formula is C13H28N2O2. The highest BCUT2D eigenvalue weighted by atomic mass is 16.5. The first-order chi connectivity index (χ1) is 7.93. The second kappa shape index (κ2) is 8.48. The van der Waals surface area contributed by atoms with Crippen molar-refractivity contribution in [1.29, 1.82) is 0 Å². The minimum atomic E-state index is -0.151. The Bertz CT molecular complexity index is 217. The predicted molar refractivity (Wildman–Crippen MR) is 71.1 cm³/mol. The van der Waals surface area contributed by atoms with Crippen molar-refractivity contribution in [1.82, 2.24) is 10.6 Å².